The van der Waals surface area contributed by atoms with Gasteiger partial charge in [-0.25, -0.2) is 14.5 Å². The van der Waals surface area contributed by atoms with E-state index in [1.54, 1.807) is 10.9 Å². The standard InChI is InChI=1S/C13H19N5O2/c1-9-14-5-6-17(9)7-8-18-11(13(2,3)4)10(12(19)20)15-16-18/h5-6H,7-8H2,1-4H3,(H,19,20). The van der Waals surface area contributed by atoms with E-state index in [2.05, 4.69) is 15.3 Å². The van der Waals surface area contributed by atoms with Gasteiger partial charge in [0.05, 0.1) is 12.2 Å². The second-order valence-electron chi connectivity index (χ2n) is 5.73. The molecule has 0 aliphatic rings. The molecule has 0 fully saturated rings. The average Bonchev–Trinajstić information content (AvgIpc) is 2.91. The van der Waals surface area contributed by atoms with Crippen LogP contribution in [0.3, 0.4) is 0 Å². The molecule has 0 unspecified atom stereocenters. The number of aromatic nitrogens is 5. The minimum atomic E-state index is -1.04. The number of aryl methyl sites for hydroxylation is 3. The predicted molar refractivity (Wildman–Crippen MR) is 72.6 cm³/mol. The molecule has 0 atom stereocenters. The van der Waals surface area contributed by atoms with Crippen LogP contribution in [0.5, 0.6) is 0 Å². The van der Waals surface area contributed by atoms with Gasteiger partial charge in [0.25, 0.3) is 0 Å². The Morgan fingerprint density at radius 3 is 2.55 bits per heavy atom. The molecule has 0 aromatic carbocycles. The van der Waals surface area contributed by atoms with Gasteiger partial charge in [-0.3, -0.25) is 0 Å². The van der Waals surface area contributed by atoms with Crippen molar-refractivity contribution in [2.45, 2.75) is 46.2 Å². The lowest BCUT2D eigenvalue weighted by Gasteiger charge is -2.20. The molecule has 2 heterocycles. The van der Waals surface area contributed by atoms with Gasteiger partial charge in [-0.2, -0.15) is 0 Å². The quantitative estimate of drug-likeness (QED) is 0.914. The number of nitrogens with zero attached hydrogens (tertiary/aromatic N) is 5. The number of hydrogen-bond acceptors (Lipinski definition) is 4. The smallest absolute Gasteiger partial charge is 0.358 e. The maximum absolute atomic E-state index is 11.2. The fourth-order valence-electron chi connectivity index (χ4n) is 2.20. The van der Waals surface area contributed by atoms with Crippen molar-refractivity contribution in [3.05, 3.63) is 29.6 Å². The molecule has 0 radical (unpaired) electrons. The first-order valence-electron chi connectivity index (χ1n) is 6.45. The summed E-state index contributed by atoms with van der Waals surface area (Å²) in [6.07, 6.45) is 3.63. The summed E-state index contributed by atoms with van der Waals surface area (Å²) in [5.74, 6) is -0.124. The van der Waals surface area contributed by atoms with Crippen LogP contribution in [0.25, 0.3) is 0 Å². The van der Waals surface area contributed by atoms with Crippen LogP contribution >= 0.6 is 0 Å². The number of hydrogen-bond donors (Lipinski definition) is 1. The van der Waals surface area contributed by atoms with Gasteiger partial charge in [-0.15, -0.1) is 5.10 Å². The molecule has 0 aliphatic heterocycles. The third-order valence-electron chi connectivity index (χ3n) is 3.12. The molecule has 0 spiro atoms. The second-order valence-corrected chi connectivity index (χ2v) is 5.73. The van der Waals surface area contributed by atoms with Crippen molar-refractivity contribution in [1.82, 2.24) is 24.5 Å². The minimum Gasteiger partial charge on any atom is -0.476 e. The molecule has 0 saturated heterocycles. The molecule has 108 valence electrons. The monoisotopic (exact) mass is 277 g/mol. The van der Waals surface area contributed by atoms with Gasteiger partial charge < -0.3 is 9.67 Å². The van der Waals surface area contributed by atoms with Crippen molar-refractivity contribution in [3.63, 3.8) is 0 Å². The second kappa shape index (κ2) is 5.07. The lowest BCUT2D eigenvalue weighted by atomic mass is 9.90. The fourth-order valence-corrected chi connectivity index (χ4v) is 2.20. The number of aromatic carboxylic acids is 1. The van der Waals surface area contributed by atoms with Crippen LogP contribution in [-0.4, -0.2) is 35.6 Å². The number of imidazole rings is 1. The largest absolute Gasteiger partial charge is 0.476 e. The Kier molecular flexibility index (Phi) is 3.61. The Hall–Kier alpha value is -2.18. The molecule has 2 aromatic rings. The maximum atomic E-state index is 11.2. The summed E-state index contributed by atoms with van der Waals surface area (Å²) in [5, 5.41) is 17.0. The van der Waals surface area contributed by atoms with E-state index in [-0.39, 0.29) is 11.1 Å². The van der Waals surface area contributed by atoms with Crippen LogP contribution in [0, 0.1) is 6.92 Å². The van der Waals surface area contributed by atoms with Gasteiger partial charge in [0.15, 0.2) is 5.69 Å². The van der Waals surface area contributed by atoms with Crippen LogP contribution in [-0.2, 0) is 18.5 Å². The zero-order chi connectivity index (χ0) is 14.9. The number of carboxylic acid groups (broad SMARTS) is 1. The topological polar surface area (TPSA) is 85.8 Å². The molecular weight excluding hydrogens is 258 g/mol. The highest BCUT2D eigenvalue weighted by Crippen LogP contribution is 2.24. The molecule has 7 nitrogen and oxygen atoms in total. The zero-order valence-corrected chi connectivity index (χ0v) is 12.2. The van der Waals surface area contributed by atoms with E-state index in [9.17, 15) is 9.90 Å². The third-order valence-corrected chi connectivity index (χ3v) is 3.12. The number of carbonyl (C=O) groups is 1. The Morgan fingerprint density at radius 2 is 2.05 bits per heavy atom. The third kappa shape index (κ3) is 2.71. The Labute approximate surface area is 117 Å². The first kappa shape index (κ1) is 14.2. The summed E-state index contributed by atoms with van der Waals surface area (Å²) in [6, 6.07) is 0. The van der Waals surface area contributed by atoms with E-state index in [0.29, 0.717) is 18.8 Å². The molecule has 0 saturated carbocycles. The Bertz CT molecular complexity index is 621. The summed E-state index contributed by atoms with van der Waals surface area (Å²) in [4.78, 5) is 15.4. The molecule has 2 aromatic heterocycles. The molecule has 1 N–H and O–H groups in total. The summed E-state index contributed by atoms with van der Waals surface area (Å²) >= 11 is 0. The number of rotatable bonds is 4. The van der Waals surface area contributed by atoms with Crippen LogP contribution in [0.2, 0.25) is 0 Å². The highest BCUT2D eigenvalue weighted by molar-refractivity contribution is 5.86. The van der Waals surface area contributed by atoms with Crippen LogP contribution in [0.4, 0.5) is 0 Å². The lowest BCUT2D eigenvalue weighted by molar-refractivity contribution is 0.0687. The van der Waals surface area contributed by atoms with E-state index in [0.717, 1.165) is 5.82 Å². The molecular formula is C13H19N5O2. The van der Waals surface area contributed by atoms with E-state index >= 15 is 0 Å². The van der Waals surface area contributed by atoms with Crippen LogP contribution in [0.15, 0.2) is 12.4 Å². The van der Waals surface area contributed by atoms with E-state index in [4.69, 9.17) is 0 Å². The SMILES string of the molecule is Cc1nccn1CCn1nnc(C(=O)O)c1C(C)(C)C. The van der Waals surface area contributed by atoms with Gasteiger partial charge in [0, 0.05) is 24.4 Å². The zero-order valence-electron chi connectivity index (χ0n) is 12.2. The van der Waals surface area contributed by atoms with E-state index in [1.165, 1.54) is 0 Å². The van der Waals surface area contributed by atoms with Crippen molar-refractivity contribution in [2.24, 2.45) is 0 Å². The molecule has 2 rings (SSSR count). The summed E-state index contributed by atoms with van der Waals surface area (Å²) < 4.78 is 3.66. The predicted octanol–water partition coefficient (Wildman–Crippen LogP) is 1.48. The first-order chi connectivity index (χ1) is 9.30. The van der Waals surface area contributed by atoms with E-state index in [1.807, 2.05) is 38.5 Å². The average molecular weight is 277 g/mol. The molecule has 0 bridgehead atoms. The van der Waals surface area contributed by atoms with Gasteiger partial charge in [0.2, 0.25) is 0 Å². The number of carboxylic acids is 1. The molecule has 0 aliphatic carbocycles. The van der Waals surface area contributed by atoms with Crippen LogP contribution in [0.1, 0.15) is 42.8 Å². The van der Waals surface area contributed by atoms with E-state index < -0.39 is 5.97 Å². The summed E-state index contributed by atoms with van der Waals surface area (Å²) in [5.41, 5.74) is 0.337. The summed E-state index contributed by atoms with van der Waals surface area (Å²) in [7, 11) is 0. The first-order valence-corrected chi connectivity index (χ1v) is 6.45. The van der Waals surface area contributed by atoms with Gasteiger partial charge in [-0.1, -0.05) is 26.0 Å². The normalized spacial score (nSPS) is 11.8. The van der Waals surface area contributed by atoms with Gasteiger partial charge >= 0.3 is 5.97 Å². The Morgan fingerprint density at radius 1 is 1.35 bits per heavy atom. The maximum Gasteiger partial charge on any atom is 0.358 e. The fraction of sp³-hybridized carbons (Fsp3) is 0.538. The van der Waals surface area contributed by atoms with Crippen molar-refractivity contribution >= 4 is 5.97 Å². The van der Waals surface area contributed by atoms with Crippen molar-refractivity contribution in [2.75, 3.05) is 0 Å². The molecule has 0 amide bonds. The van der Waals surface area contributed by atoms with Gasteiger partial charge in [-0.05, 0) is 6.92 Å². The lowest BCUT2D eigenvalue weighted by Crippen LogP contribution is -2.23. The minimum absolute atomic E-state index is 0.0276. The Balaban J connectivity index is 2.28. The van der Waals surface area contributed by atoms with Crippen molar-refractivity contribution < 1.29 is 9.90 Å². The molecule has 7 heteroatoms. The van der Waals surface area contributed by atoms with Crippen LogP contribution < -0.4 is 0 Å². The van der Waals surface area contributed by atoms with Crippen molar-refractivity contribution in [1.29, 1.82) is 0 Å². The highest BCUT2D eigenvalue weighted by Gasteiger charge is 2.28. The highest BCUT2D eigenvalue weighted by atomic mass is 16.4. The molecule has 20 heavy (non-hydrogen) atoms. The summed E-state index contributed by atoms with van der Waals surface area (Å²) in [6.45, 7) is 9.03. The van der Waals surface area contributed by atoms with Crippen molar-refractivity contribution in [3.8, 4) is 0 Å². The van der Waals surface area contributed by atoms with Gasteiger partial charge in [0.1, 0.15) is 5.82 Å².